The fourth-order valence-corrected chi connectivity index (χ4v) is 4.23. The van der Waals surface area contributed by atoms with E-state index in [1.54, 1.807) is 13.1 Å². The molecule has 27 heavy (non-hydrogen) atoms. The zero-order chi connectivity index (χ0) is 20.4. The van der Waals surface area contributed by atoms with Crippen molar-refractivity contribution in [2.24, 2.45) is 5.92 Å². The fourth-order valence-electron chi connectivity index (χ4n) is 3.15. The Kier molecular flexibility index (Phi) is 6.38. The topological polar surface area (TPSA) is 71.3 Å². The molecule has 0 saturated carbocycles. The van der Waals surface area contributed by atoms with Gasteiger partial charge in [-0.15, -0.1) is 0 Å². The molecule has 0 spiro atoms. The Labute approximate surface area is 164 Å². The first-order chi connectivity index (χ1) is 12.5. The number of rotatable bonds is 6. The van der Waals surface area contributed by atoms with Gasteiger partial charge in [-0.2, -0.15) is 5.26 Å². The predicted molar refractivity (Wildman–Crippen MR) is 110 cm³/mol. The standard InChI is InChI=1S/C21H32N2O3Si/c1-14-17-8-15(12-26-27(6,7)21(2,3)4)9-18(17)16(11-22)10-19(14)25-13-20(24)23-5/h10,15H,8-9,12-13H2,1-7H3,(H,23,24). The summed E-state index contributed by atoms with van der Waals surface area (Å²) in [5.41, 5.74) is 3.98. The van der Waals surface area contributed by atoms with Crippen molar-refractivity contribution in [2.45, 2.75) is 58.7 Å². The second-order valence-corrected chi connectivity index (χ2v) is 13.7. The Bertz CT molecular complexity index is 760. The molecule has 0 aromatic heterocycles. The lowest BCUT2D eigenvalue weighted by Crippen LogP contribution is -2.42. The van der Waals surface area contributed by atoms with E-state index >= 15 is 0 Å². The number of nitrogens with one attached hydrogen (secondary N) is 1. The van der Waals surface area contributed by atoms with Crippen molar-refractivity contribution >= 4 is 14.2 Å². The minimum absolute atomic E-state index is 0.0428. The number of amides is 1. The number of fused-ring (bicyclic) bond motifs is 1. The summed E-state index contributed by atoms with van der Waals surface area (Å²) in [7, 11) is -0.208. The van der Waals surface area contributed by atoms with Gasteiger partial charge < -0.3 is 14.5 Å². The van der Waals surface area contributed by atoms with Crippen LogP contribution in [-0.4, -0.2) is 34.5 Å². The third-order valence-electron chi connectivity index (χ3n) is 6.02. The van der Waals surface area contributed by atoms with Gasteiger partial charge in [0, 0.05) is 13.7 Å². The van der Waals surface area contributed by atoms with Gasteiger partial charge in [-0.3, -0.25) is 4.79 Å². The van der Waals surface area contributed by atoms with Crippen molar-refractivity contribution in [1.82, 2.24) is 5.32 Å². The fraction of sp³-hybridized carbons (Fsp3) is 0.619. The quantitative estimate of drug-likeness (QED) is 0.754. The molecule has 1 aromatic carbocycles. The molecule has 2 rings (SSSR count). The Morgan fingerprint density at radius 3 is 2.52 bits per heavy atom. The maximum absolute atomic E-state index is 11.5. The van der Waals surface area contributed by atoms with Crippen LogP contribution in [-0.2, 0) is 22.1 Å². The molecule has 6 heteroatoms. The van der Waals surface area contributed by atoms with Gasteiger partial charge in [0.1, 0.15) is 5.75 Å². The van der Waals surface area contributed by atoms with Gasteiger partial charge in [0.25, 0.3) is 5.91 Å². The highest BCUT2D eigenvalue weighted by atomic mass is 28.4. The summed E-state index contributed by atoms with van der Waals surface area (Å²) >= 11 is 0. The van der Waals surface area contributed by atoms with Crippen LogP contribution in [0.15, 0.2) is 6.07 Å². The number of hydrogen-bond donors (Lipinski definition) is 1. The molecule has 1 atom stereocenters. The lowest BCUT2D eigenvalue weighted by molar-refractivity contribution is -0.122. The molecule has 0 heterocycles. The zero-order valence-corrected chi connectivity index (χ0v) is 18.7. The average molecular weight is 389 g/mol. The van der Waals surface area contributed by atoms with E-state index in [1.807, 2.05) is 6.92 Å². The number of likely N-dealkylation sites (N-methyl/N-ethyl adjacent to an activating group) is 1. The number of carbonyl (C=O) groups is 1. The summed E-state index contributed by atoms with van der Waals surface area (Å²) in [6.07, 6.45) is 1.76. The minimum atomic E-state index is -1.79. The predicted octanol–water partition coefficient (Wildman–Crippen LogP) is 3.73. The van der Waals surface area contributed by atoms with Crippen molar-refractivity contribution in [3.63, 3.8) is 0 Å². The molecule has 1 unspecified atom stereocenters. The van der Waals surface area contributed by atoms with Gasteiger partial charge in [-0.05, 0) is 66.6 Å². The van der Waals surface area contributed by atoms with E-state index in [4.69, 9.17) is 9.16 Å². The van der Waals surface area contributed by atoms with E-state index in [0.29, 0.717) is 17.2 Å². The Balaban J connectivity index is 2.17. The van der Waals surface area contributed by atoms with Crippen LogP contribution in [0.3, 0.4) is 0 Å². The van der Waals surface area contributed by atoms with Crippen LogP contribution in [0.5, 0.6) is 5.75 Å². The normalized spacial score (nSPS) is 16.6. The Morgan fingerprint density at radius 2 is 1.96 bits per heavy atom. The second kappa shape index (κ2) is 8.03. The van der Waals surface area contributed by atoms with Gasteiger partial charge in [0.2, 0.25) is 0 Å². The summed E-state index contributed by atoms with van der Waals surface area (Å²) < 4.78 is 12.1. The Morgan fingerprint density at radius 1 is 1.33 bits per heavy atom. The highest BCUT2D eigenvalue weighted by Gasteiger charge is 2.38. The van der Waals surface area contributed by atoms with E-state index in [1.165, 1.54) is 5.56 Å². The van der Waals surface area contributed by atoms with Crippen LogP contribution in [0.4, 0.5) is 0 Å². The second-order valence-electron chi connectivity index (χ2n) is 8.92. The van der Waals surface area contributed by atoms with Crippen LogP contribution in [0.25, 0.3) is 0 Å². The first-order valence-electron chi connectivity index (χ1n) is 9.53. The molecule has 0 aliphatic heterocycles. The smallest absolute Gasteiger partial charge is 0.257 e. The molecule has 0 bridgehead atoms. The molecule has 1 N–H and O–H groups in total. The van der Waals surface area contributed by atoms with Gasteiger partial charge in [0.15, 0.2) is 14.9 Å². The first kappa shape index (κ1) is 21.5. The monoisotopic (exact) mass is 388 g/mol. The van der Waals surface area contributed by atoms with Crippen molar-refractivity contribution in [3.8, 4) is 11.8 Å². The summed E-state index contributed by atoms with van der Waals surface area (Å²) in [5, 5.41) is 12.3. The van der Waals surface area contributed by atoms with E-state index in [2.05, 4.69) is 45.3 Å². The molecule has 1 aromatic rings. The first-order valence-corrected chi connectivity index (χ1v) is 12.4. The number of benzene rings is 1. The molecule has 1 amide bonds. The van der Waals surface area contributed by atoms with Crippen LogP contribution in [0.2, 0.25) is 18.1 Å². The van der Waals surface area contributed by atoms with Crippen molar-refractivity contribution in [2.75, 3.05) is 20.3 Å². The molecule has 1 aliphatic rings. The maximum atomic E-state index is 11.5. The van der Waals surface area contributed by atoms with Gasteiger partial charge in [-0.1, -0.05) is 20.8 Å². The molecule has 5 nitrogen and oxygen atoms in total. The third-order valence-corrected chi connectivity index (χ3v) is 10.5. The maximum Gasteiger partial charge on any atom is 0.257 e. The molecule has 0 radical (unpaired) electrons. The Hall–Kier alpha value is -1.84. The highest BCUT2D eigenvalue weighted by Crippen LogP contribution is 2.40. The summed E-state index contributed by atoms with van der Waals surface area (Å²) in [6.45, 7) is 14.0. The molecule has 1 aliphatic carbocycles. The van der Waals surface area contributed by atoms with Gasteiger partial charge in [0.05, 0.1) is 11.6 Å². The summed E-state index contributed by atoms with van der Waals surface area (Å²) in [5.74, 6) is 0.822. The average Bonchev–Trinajstić information content (AvgIpc) is 3.03. The highest BCUT2D eigenvalue weighted by molar-refractivity contribution is 6.74. The van der Waals surface area contributed by atoms with E-state index < -0.39 is 8.32 Å². The molecule has 0 saturated heterocycles. The number of hydrogen-bond acceptors (Lipinski definition) is 4. The lowest BCUT2D eigenvalue weighted by Gasteiger charge is -2.37. The lowest BCUT2D eigenvalue weighted by atomic mass is 9.98. The SMILES string of the molecule is CNC(=O)COc1cc(C#N)c2c(c1C)CC(CO[Si](C)(C)C(C)(C)C)C2. The minimum Gasteiger partial charge on any atom is -0.483 e. The van der Waals surface area contributed by atoms with Crippen LogP contribution < -0.4 is 10.1 Å². The number of ether oxygens (including phenoxy) is 1. The van der Waals surface area contributed by atoms with Crippen LogP contribution in [0.1, 0.15) is 43.0 Å². The number of nitriles is 1. The summed E-state index contributed by atoms with van der Waals surface area (Å²) in [4.78, 5) is 11.5. The van der Waals surface area contributed by atoms with E-state index in [-0.39, 0.29) is 17.6 Å². The molecule has 0 fully saturated rings. The van der Waals surface area contributed by atoms with E-state index in [0.717, 1.165) is 30.6 Å². The molecular weight excluding hydrogens is 356 g/mol. The third kappa shape index (κ3) is 4.71. The molecular formula is C21H32N2O3Si. The van der Waals surface area contributed by atoms with Crippen LogP contribution >= 0.6 is 0 Å². The summed E-state index contributed by atoms with van der Waals surface area (Å²) in [6, 6.07) is 4.07. The van der Waals surface area contributed by atoms with E-state index in [9.17, 15) is 10.1 Å². The van der Waals surface area contributed by atoms with Crippen molar-refractivity contribution in [1.29, 1.82) is 5.26 Å². The van der Waals surface area contributed by atoms with Gasteiger partial charge >= 0.3 is 0 Å². The van der Waals surface area contributed by atoms with Crippen LogP contribution in [0, 0.1) is 24.2 Å². The number of nitrogens with zero attached hydrogens (tertiary/aromatic N) is 1. The number of carbonyl (C=O) groups excluding carboxylic acids is 1. The largest absolute Gasteiger partial charge is 0.483 e. The van der Waals surface area contributed by atoms with Crippen molar-refractivity contribution in [3.05, 3.63) is 28.3 Å². The van der Waals surface area contributed by atoms with Crippen molar-refractivity contribution < 1.29 is 14.0 Å². The van der Waals surface area contributed by atoms with Gasteiger partial charge in [-0.25, -0.2) is 0 Å². The zero-order valence-electron chi connectivity index (χ0n) is 17.7. The molecule has 148 valence electrons.